The van der Waals surface area contributed by atoms with E-state index >= 15 is 0 Å². The average Bonchev–Trinajstić information content (AvgIpc) is 3.07. The fourth-order valence-electron chi connectivity index (χ4n) is 1.84. The van der Waals surface area contributed by atoms with E-state index in [1.54, 1.807) is 5.32 Å². The molecule has 1 heterocycles. The van der Waals surface area contributed by atoms with Gasteiger partial charge in [0, 0.05) is 6.07 Å². The third kappa shape index (κ3) is 6.93. The summed E-state index contributed by atoms with van der Waals surface area (Å²) >= 11 is 0. The number of hydrogen-bond acceptors (Lipinski definition) is 5. The van der Waals surface area contributed by atoms with Gasteiger partial charge < -0.3 is 19.9 Å². The minimum absolute atomic E-state index is 0.0846. The van der Waals surface area contributed by atoms with Crippen molar-refractivity contribution in [3.63, 3.8) is 0 Å². The largest absolute Gasteiger partial charge is 0.405 e. The second-order valence-electron chi connectivity index (χ2n) is 5.23. The lowest BCUT2D eigenvalue weighted by Crippen LogP contribution is -2.40. The zero-order valence-corrected chi connectivity index (χ0v) is 13.5. The van der Waals surface area contributed by atoms with Crippen molar-refractivity contribution in [1.82, 2.24) is 15.8 Å². The molecule has 10 heteroatoms. The van der Waals surface area contributed by atoms with Gasteiger partial charge in [0.25, 0.3) is 5.91 Å². The van der Waals surface area contributed by atoms with Crippen molar-refractivity contribution < 1.29 is 32.0 Å². The Labute approximate surface area is 146 Å². The SMILES string of the molecule is O=C(CNC(=O)c1cc(COCc2ccccc2)on1)NCC(F)(F)F. The van der Waals surface area contributed by atoms with E-state index in [-0.39, 0.29) is 12.3 Å². The van der Waals surface area contributed by atoms with Crippen LogP contribution >= 0.6 is 0 Å². The van der Waals surface area contributed by atoms with Gasteiger partial charge in [0.2, 0.25) is 5.91 Å². The van der Waals surface area contributed by atoms with Crippen LogP contribution in [-0.2, 0) is 22.7 Å². The average molecular weight is 371 g/mol. The molecule has 0 aliphatic carbocycles. The molecule has 0 saturated heterocycles. The van der Waals surface area contributed by atoms with Crippen molar-refractivity contribution in [2.24, 2.45) is 0 Å². The minimum atomic E-state index is -4.51. The fourth-order valence-corrected chi connectivity index (χ4v) is 1.84. The quantitative estimate of drug-likeness (QED) is 0.738. The first-order valence-corrected chi connectivity index (χ1v) is 7.52. The van der Waals surface area contributed by atoms with Crippen molar-refractivity contribution >= 4 is 11.8 Å². The Kier molecular flexibility index (Phi) is 6.73. The molecule has 2 aromatic rings. The van der Waals surface area contributed by atoms with E-state index in [1.807, 2.05) is 30.3 Å². The molecule has 0 fully saturated rings. The molecule has 0 unspecified atom stereocenters. The van der Waals surface area contributed by atoms with Gasteiger partial charge in [-0.25, -0.2) is 0 Å². The zero-order valence-electron chi connectivity index (χ0n) is 13.5. The van der Waals surface area contributed by atoms with E-state index in [2.05, 4.69) is 10.5 Å². The molecule has 26 heavy (non-hydrogen) atoms. The van der Waals surface area contributed by atoms with Crippen LogP contribution in [0.1, 0.15) is 21.8 Å². The van der Waals surface area contributed by atoms with Crippen molar-refractivity contribution in [3.05, 3.63) is 53.4 Å². The van der Waals surface area contributed by atoms with E-state index in [0.717, 1.165) is 5.56 Å². The molecule has 2 rings (SSSR count). The standard InChI is InChI=1S/C16H16F3N3O4/c17-16(18,19)10-21-14(23)7-20-15(24)13-6-12(26-22-13)9-25-8-11-4-2-1-3-5-11/h1-6H,7-10H2,(H,20,24)(H,21,23). The van der Waals surface area contributed by atoms with Crippen molar-refractivity contribution in [3.8, 4) is 0 Å². The predicted molar refractivity (Wildman–Crippen MR) is 82.8 cm³/mol. The number of ether oxygens (including phenoxy) is 1. The molecule has 2 amide bonds. The van der Waals surface area contributed by atoms with Gasteiger partial charge in [-0.1, -0.05) is 35.5 Å². The molecule has 140 valence electrons. The highest BCUT2D eigenvalue weighted by molar-refractivity contribution is 5.94. The highest BCUT2D eigenvalue weighted by Gasteiger charge is 2.27. The van der Waals surface area contributed by atoms with Crippen molar-refractivity contribution in [1.29, 1.82) is 0 Å². The lowest BCUT2D eigenvalue weighted by molar-refractivity contribution is -0.137. The number of aromatic nitrogens is 1. The maximum Gasteiger partial charge on any atom is 0.405 e. The number of carbonyl (C=O) groups excluding carboxylic acids is 2. The van der Waals surface area contributed by atoms with E-state index < -0.39 is 31.1 Å². The number of halogens is 3. The van der Waals surface area contributed by atoms with Gasteiger partial charge in [0.15, 0.2) is 11.5 Å². The highest BCUT2D eigenvalue weighted by Crippen LogP contribution is 2.12. The summed E-state index contributed by atoms with van der Waals surface area (Å²) in [4.78, 5) is 23.0. The highest BCUT2D eigenvalue weighted by atomic mass is 19.4. The number of hydrogen-bond donors (Lipinski definition) is 2. The molecule has 0 saturated carbocycles. The Morgan fingerprint density at radius 2 is 1.85 bits per heavy atom. The third-order valence-electron chi connectivity index (χ3n) is 3.04. The van der Waals surface area contributed by atoms with E-state index in [0.29, 0.717) is 12.4 Å². The summed E-state index contributed by atoms with van der Waals surface area (Å²) in [6.07, 6.45) is -4.51. The van der Waals surface area contributed by atoms with Crippen LogP contribution in [0.2, 0.25) is 0 Å². The molecule has 0 aliphatic heterocycles. The third-order valence-corrected chi connectivity index (χ3v) is 3.04. The maximum absolute atomic E-state index is 12.0. The van der Waals surface area contributed by atoms with Gasteiger partial charge in [0.1, 0.15) is 13.2 Å². The van der Waals surface area contributed by atoms with Crippen LogP contribution in [-0.4, -0.2) is 36.2 Å². The van der Waals surface area contributed by atoms with Gasteiger partial charge >= 0.3 is 6.18 Å². The number of nitrogens with zero attached hydrogens (tertiary/aromatic N) is 1. The van der Waals surface area contributed by atoms with Crippen LogP contribution in [0.5, 0.6) is 0 Å². The van der Waals surface area contributed by atoms with Crippen molar-refractivity contribution in [2.75, 3.05) is 13.1 Å². The Morgan fingerprint density at radius 3 is 2.54 bits per heavy atom. The predicted octanol–water partition coefficient (Wildman–Crippen LogP) is 1.80. The van der Waals surface area contributed by atoms with E-state index in [1.165, 1.54) is 6.07 Å². The topological polar surface area (TPSA) is 93.5 Å². The molecule has 0 bridgehead atoms. The summed E-state index contributed by atoms with van der Waals surface area (Å²) in [6.45, 7) is -1.64. The summed E-state index contributed by atoms with van der Waals surface area (Å²) in [6, 6.07) is 10.7. The van der Waals surface area contributed by atoms with Crippen LogP contribution in [0.25, 0.3) is 0 Å². The van der Waals surface area contributed by atoms with Crippen molar-refractivity contribution in [2.45, 2.75) is 19.4 Å². The molecule has 1 aromatic heterocycles. The monoisotopic (exact) mass is 371 g/mol. The first-order chi connectivity index (χ1) is 12.3. The number of amides is 2. The molecule has 0 radical (unpaired) electrons. The maximum atomic E-state index is 12.0. The first kappa shape index (κ1) is 19.4. The fraction of sp³-hybridized carbons (Fsp3) is 0.312. The Morgan fingerprint density at radius 1 is 1.12 bits per heavy atom. The zero-order chi connectivity index (χ0) is 19.0. The molecule has 0 aliphatic rings. The van der Waals surface area contributed by atoms with Crippen LogP contribution < -0.4 is 10.6 Å². The van der Waals surface area contributed by atoms with Gasteiger partial charge in [-0.05, 0) is 5.56 Å². The molecular formula is C16H16F3N3O4. The second kappa shape index (κ2) is 8.99. The normalized spacial score (nSPS) is 11.2. The summed E-state index contributed by atoms with van der Waals surface area (Å²) < 4.78 is 46.2. The Hall–Kier alpha value is -2.88. The lowest BCUT2D eigenvalue weighted by Gasteiger charge is -2.08. The Balaban J connectivity index is 1.72. The van der Waals surface area contributed by atoms with Crippen LogP contribution in [0.3, 0.4) is 0 Å². The molecule has 0 atom stereocenters. The first-order valence-electron chi connectivity index (χ1n) is 7.52. The molecule has 7 nitrogen and oxygen atoms in total. The Bertz CT molecular complexity index is 732. The van der Waals surface area contributed by atoms with Gasteiger partial charge in [-0.2, -0.15) is 13.2 Å². The number of benzene rings is 1. The van der Waals surface area contributed by atoms with Gasteiger partial charge in [0.05, 0.1) is 13.2 Å². The number of rotatable bonds is 8. The number of nitrogens with one attached hydrogen (secondary N) is 2. The minimum Gasteiger partial charge on any atom is -0.369 e. The molecule has 1 aromatic carbocycles. The number of carbonyl (C=O) groups is 2. The lowest BCUT2D eigenvalue weighted by atomic mass is 10.2. The molecule has 2 N–H and O–H groups in total. The summed E-state index contributed by atoms with van der Waals surface area (Å²) in [5.41, 5.74) is 0.863. The smallest absolute Gasteiger partial charge is 0.369 e. The summed E-state index contributed by atoms with van der Waals surface area (Å²) in [5, 5.41) is 7.31. The van der Waals surface area contributed by atoms with Crippen LogP contribution in [0.4, 0.5) is 13.2 Å². The van der Waals surface area contributed by atoms with Gasteiger partial charge in [-0.3, -0.25) is 9.59 Å². The van der Waals surface area contributed by atoms with Crippen LogP contribution in [0, 0.1) is 0 Å². The van der Waals surface area contributed by atoms with E-state index in [9.17, 15) is 22.8 Å². The second-order valence-corrected chi connectivity index (χ2v) is 5.23. The molecular weight excluding hydrogens is 355 g/mol. The summed E-state index contributed by atoms with van der Waals surface area (Å²) in [5.74, 6) is -1.41. The summed E-state index contributed by atoms with van der Waals surface area (Å²) in [7, 11) is 0. The van der Waals surface area contributed by atoms with Gasteiger partial charge in [-0.15, -0.1) is 0 Å². The van der Waals surface area contributed by atoms with E-state index in [4.69, 9.17) is 9.26 Å². The van der Waals surface area contributed by atoms with Crippen LogP contribution in [0.15, 0.2) is 40.9 Å². The number of alkyl halides is 3. The molecule has 0 spiro atoms.